The van der Waals surface area contributed by atoms with Gasteiger partial charge in [-0.05, 0) is 25.0 Å². The van der Waals surface area contributed by atoms with Crippen LogP contribution in [0.1, 0.15) is 23.2 Å². The fourth-order valence-electron chi connectivity index (χ4n) is 2.99. The second-order valence-electron chi connectivity index (χ2n) is 5.95. The number of nitrogens with zero attached hydrogens (tertiary/aromatic N) is 4. The minimum absolute atomic E-state index is 0.142. The SMILES string of the molecule is O=C(C(=O)N1CCN(C(=O)c2ccc(Cl)nc2)CC1)N1CCCC1. The number of rotatable bonds is 1. The number of piperazine rings is 1. The quantitative estimate of drug-likeness (QED) is 0.550. The van der Waals surface area contributed by atoms with Crippen LogP contribution in [0.5, 0.6) is 0 Å². The molecule has 1 aromatic heterocycles. The van der Waals surface area contributed by atoms with Gasteiger partial charge >= 0.3 is 11.8 Å². The molecule has 0 atom stereocenters. The highest BCUT2D eigenvalue weighted by Gasteiger charge is 2.31. The van der Waals surface area contributed by atoms with E-state index in [1.54, 1.807) is 21.9 Å². The Bertz CT molecular complexity index is 635. The second kappa shape index (κ2) is 7.17. The van der Waals surface area contributed by atoms with Crippen LogP contribution in [0, 0.1) is 0 Å². The largest absolute Gasteiger partial charge is 0.335 e. The number of likely N-dealkylation sites (tertiary alicyclic amines) is 1. The Hall–Kier alpha value is -2.15. The van der Waals surface area contributed by atoms with Gasteiger partial charge < -0.3 is 14.7 Å². The van der Waals surface area contributed by atoms with Crippen LogP contribution in [-0.2, 0) is 9.59 Å². The molecule has 24 heavy (non-hydrogen) atoms. The Morgan fingerprint density at radius 2 is 1.38 bits per heavy atom. The Morgan fingerprint density at radius 1 is 0.833 bits per heavy atom. The average molecular weight is 351 g/mol. The van der Waals surface area contributed by atoms with Gasteiger partial charge in [0.15, 0.2) is 0 Å². The monoisotopic (exact) mass is 350 g/mol. The zero-order chi connectivity index (χ0) is 17.1. The zero-order valence-corrected chi connectivity index (χ0v) is 14.0. The molecule has 3 heterocycles. The van der Waals surface area contributed by atoms with Crippen LogP contribution in [0.3, 0.4) is 0 Å². The predicted molar refractivity (Wildman–Crippen MR) is 87.5 cm³/mol. The van der Waals surface area contributed by atoms with Crippen LogP contribution in [0.25, 0.3) is 0 Å². The number of hydrogen-bond donors (Lipinski definition) is 0. The summed E-state index contributed by atoms with van der Waals surface area (Å²) in [5.74, 6) is -1.02. The maximum atomic E-state index is 12.4. The highest BCUT2D eigenvalue weighted by atomic mass is 35.5. The first-order chi connectivity index (χ1) is 11.6. The van der Waals surface area contributed by atoms with Gasteiger partial charge in [0.05, 0.1) is 5.56 Å². The molecule has 8 heteroatoms. The standard InChI is InChI=1S/C16H19ClN4O3/c17-13-4-3-12(11-18-13)14(22)20-7-9-21(10-8-20)16(24)15(23)19-5-1-2-6-19/h3-4,11H,1-2,5-10H2. The fraction of sp³-hybridized carbons (Fsp3) is 0.500. The highest BCUT2D eigenvalue weighted by Crippen LogP contribution is 2.13. The first kappa shape index (κ1) is 16.7. The third kappa shape index (κ3) is 3.51. The summed E-state index contributed by atoms with van der Waals surface area (Å²) in [5, 5.41) is 0.336. The molecule has 0 aromatic carbocycles. The van der Waals surface area contributed by atoms with Crippen molar-refractivity contribution in [2.75, 3.05) is 39.3 Å². The molecule has 2 aliphatic heterocycles. The lowest BCUT2D eigenvalue weighted by atomic mass is 10.2. The van der Waals surface area contributed by atoms with E-state index in [9.17, 15) is 14.4 Å². The van der Waals surface area contributed by atoms with Gasteiger partial charge in [-0.3, -0.25) is 14.4 Å². The molecular weight excluding hydrogens is 332 g/mol. The van der Waals surface area contributed by atoms with Gasteiger partial charge in [-0.15, -0.1) is 0 Å². The van der Waals surface area contributed by atoms with Crippen LogP contribution in [-0.4, -0.2) is 76.7 Å². The van der Waals surface area contributed by atoms with Crippen molar-refractivity contribution in [3.8, 4) is 0 Å². The van der Waals surface area contributed by atoms with E-state index >= 15 is 0 Å². The van der Waals surface area contributed by atoms with Crippen molar-refractivity contribution < 1.29 is 14.4 Å². The van der Waals surface area contributed by atoms with Crippen LogP contribution >= 0.6 is 11.6 Å². The lowest BCUT2D eigenvalue weighted by Gasteiger charge is -2.35. The Kier molecular flexibility index (Phi) is 4.99. The van der Waals surface area contributed by atoms with E-state index in [1.807, 2.05) is 0 Å². The molecule has 0 bridgehead atoms. The maximum Gasteiger partial charge on any atom is 0.312 e. The van der Waals surface area contributed by atoms with Crippen LogP contribution in [0.4, 0.5) is 0 Å². The van der Waals surface area contributed by atoms with E-state index in [1.165, 1.54) is 11.1 Å². The Morgan fingerprint density at radius 3 is 1.92 bits per heavy atom. The number of halogens is 1. The van der Waals surface area contributed by atoms with E-state index in [0.717, 1.165) is 12.8 Å². The van der Waals surface area contributed by atoms with Crippen molar-refractivity contribution >= 4 is 29.3 Å². The lowest BCUT2D eigenvalue weighted by molar-refractivity contribution is -0.152. The minimum atomic E-state index is -0.461. The van der Waals surface area contributed by atoms with Gasteiger partial charge in [-0.1, -0.05) is 11.6 Å². The number of carbonyl (C=O) groups is 3. The maximum absolute atomic E-state index is 12.4. The van der Waals surface area contributed by atoms with Gasteiger partial charge in [0.25, 0.3) is 5.91 Å². The molecule has 2 aliphatic rings. The number of amides is 3. The van der Waals surface area contributed by atoms with Gasteiger partial charge in [-0.25, -0.2) is 4.98 Å². The topological polar surface area (TPSA) is 73.8 Å². The van der Waals surface area contributed by atoms with E-state index in [2.05, 4.69) is 4.98 Å². The molecule has 1 aromatic rings. The number of carbonyl (C=O) groups excluding carboxylic acids is 3. The molecule has 0 radical (unpaired) electrons. The van der Waals surface area contributed by atoms with Crippen LogP contribution in [0.15, 0.2) is 18.3 Å². The van der Waals surface area contributed by atoms with E-state index in [4.69, 9.17) is 11.6 Å². The summed E-state index contributed by atoms with van der Waals surface area (Å²) in [4.78, 5) is 45.5. The van der Waals surface area contributed by atoms with Crippen molar-refractivity contribution in [2.24, 2.45) is 0 Å². The van der Waals surface area contributed by atoms with Crippen molar-refractivity contribution in [3.63, 3.8) is 0 Å². The third-order valence-electron chi connectivity index (χ3n) is 4.40. The van der Waals surface area contributed by atoms with Crippen LogP contribution < -0.4 is 0 Å². The summed E-state index contributed by atoms with van der Waals surface area (Å²) in [6.07, 6.45) is 3.35. The molecule has 7 nitrogen and oxygen atoms in total. The average Bonchev–Trinajstić information content (AvgIpc) is 3.15. The molecule has 3 rings (SSSR count). The molecule has 0 N–H and O–H groups in total. The Labute approximate surface area is 145 Å². The summed E-state index contributed by atoms with van der Waals surface area (Å²) < 4.78 is 0. The number of aromatic nitrogens is 1. The van der Waals surface area contributed by atoms with Crippen molar-refractivity contribution in [1.29, 1.82) is 0 Å². The van der Waals surface area contributed by atoms with Gasteiger partial charge in [0.2, 0.25) is 0 Å². The van der Waals surface area contributed by atoms with Crippen molar-refractivity contribution in [3.05, 3.63) is 29.0 Å². The summed E-state index contributed by atoms with van der Waals surface area (Å²) >= 11 is 5.72. The summed E-state index contributed by atoms with van der Waals surface area (Å²) in [5.41, 5.74) is 0.465. The van der Waals surface area contributed by atoms with Gasteiger partial charge in [0.1, 0.15) is 5.15 Å². The van der Waals surface area contributed by atoms with Crippen LogP contribution in [0.2, 0.25) is 5.15 Å². The smallest absolute Gasteiger partial charge is 0.312 e. The summed E-state index contributed by atoms with van der Waals surface area (Å²) in [7, 11) is 0. The Balaban J connectivity index is 1.55. The van der Waals surface area contributed by atoms with Crippen molar-refractivity contribution in [1.82, 2.24) is 19.7 Å². The van der Waals surface area contributed by atoms with E-state index < -0.39 is 11.8 Å². The molecular formula is C16H19ClN4O3. The van der Waals surface area contributed by atoms with E-state index in [0.29, 0.717) is 50.0 Å². The normalized spacial score (nSPS) is 18.0. The lowest BCUT2D eigenvalue weighted by Crippen LogP contribution is -2.54. The van der Waals surface area contributed by atoms with Gasteiger partial charge in [-0.2, -0.15) is 0 Å². The molecule has 0 aliphatic carbocycles. The van der Waals surface area contributed by atoms with Gasteiger partial charge in [0, 0.05) is 45.5 Å². The van der Waals surface area contributed by atoms with E-state index in [-0.39, 0.29) is 5.91 Å². The minimum Gasteiger partial charge on any atom is -0.335 e. The number of pyridine rings is 1. The van der Waals surface area contributed by atoms with Crippen molar-refractivity contribution in [2.45, 2.75) is 12.8 Å². The third-order valence-corrected chi connectivity index (χ3v) is 4.63. The summed E-state index contributed by atoms with van der Waals surface area (Å²) in [6.45, 7) is 2.86. The second-order valence-corrected chi connectivity index (χ2v) is 6.34. The molecule has 128 valence electrons. The zero-order valence-electron chi connectivity index (χ0n) is 13.3. The summed E-state index contributed by atoms with van der Waals surface area (Å²) in [6, 6.07) is 3.20. The molecule has 2 fully saturated rings. The number of hydrogen-bond acceptors (Lipinski definition) is 4. The predicted octanol–water partition coefficient (Wildman–Crippen LogP) is 0.642. The molecule has 3 amide bonds. The first-order valence-corrected chi connectivity index (χ1v) is 8.43. The molecule has 0 unspecified atom stereocenters. The highest BCUT2D eigenvalue weighted by molar-refractivity contribution is 6.35. The molecule has 0 spiro atoms. The fourth-order valence-corrected chi connectivity index (χ4v) is 3.10. The first-order valence-electron chi connectivity index (χ1n) is 8.05. The molecule has 0 saturated carbocycles. The molecule has 2 saturated heterocycles.